The van der Waals surface area contributed by atoms with E-state index in [4.69, 9.17) is 4.74 Å². The molecule has 3 rings (SSSR count). The van der Waals surface area contributed by atoms with Crippen molar-refractivity contribution in [1.82, 2.24) is 9.21 Å². The molecule has 1 N–H and O–H groups in total. The lowest BCUT2D eigenvalue weighted by atomic mass is 10.0. The standard InChI is InChI=1S/C19H31N3O4S/c1-20(2)27(24,25)14-15-12-22(13-19(15)23)17-8-10-21(11-9-17)16-4-6-18(26-3)7-5-16/h4-7,15,17,19,23H,8-14H2,1-3H3/t15-,19+/m0/s1. The molecule has 1 aromatic rings. The van der Waals surface area contributed by atoms with Crippen molar-refractivity contribution in [2.45, 2.75) is 25.0 Å². The molecule has 0 aromatic heterocycles. The Morgan fingerprint density at radius 2 is 1.78 bits per heavy atom. The van der Waals surface area contributed by atoms with E-state index in [1.807, 2.05) is 12.1 Å². The van der Waals surface area contributed by atoms with Crippen molar-refractivity contribution in [2.24, 2.45) is 5.92 Å². The van der Waals surface area contributed by atoms with Gasteiger partial charge in [-0.3, -0.25) is 4.90 Å². The molecular formula is C19H31N3O4S. The van der Waals surface area contributed by atoms with Crippen LogP contribution in [0.1, 0.15) is 12.8 Å². The molecular weight excluding hydrogens is 366 g/mol. The van der Waals surface area contributed by atoms with E-state index in [0.29, 0.717) is 19.1 Å². The van der Waals surface area contributed by atoms with E-state index < -0.39 is 16.1 Å². The monoisotopic (exact) mass is 397 g/mol. The number of hydrogen-bond acceptors (Lipinski definition) is 6. The molecule has 0 bridgehead atoms. The lowest BCUT2D eigenvalue weighted by molar-refractivity contribution is 0.136. The number of nitrogens with zero attached hydrogens (tertiary/aromatic N) is 3. The van der Waals surface area contributed by atoms with Crippen molar-refractivity contribution in [2.75, 3.05) is 58.0 Å². The highest BCUT2D eigenvalue weighted by molar-refractivity contribution is 7.89. The Hall–Kier alpha value is -1.35. The van der Waals surface area contributed by atoms with Crippen LogP contribution in [0.25, 0.3) is 0 Å². The third kappa shape index (κ3) is 4.74. The van der Waals surface area contributed by atoms with Gasteiger partial charge in [0.05, 0.1) is 19.0 Å². The van der Waals surface area contributed by atoms with Crippen molar-refractivity contribution in [3.8, 4) is 5.75 Å². The summed E-state index contributed by atoms with van der Waals surface area (Å²) in [6, 6.07) is 8.53. The van der Waals surface area contributed by atoms with Gasteiger partial charge in [0.15, 0.2) is 0 Å². The number of methoxy groups -OCH3 is 1. The lowest BCUT2D eigenvalue weighted by Gasteiger charge is -2.38. The van der Waals surface area contributed by atoms with Crippen LogP contribution in [0.2, 0.25) is 0 Å². The number of hydrogen-bond donors (Lipinski definition) is 1. The quantitative estimate of drug-likeness (QED) is 0.767. The number of β-amino-alcohol motifs (C(OH)–C–C–N with tert-alkyl or cyclic N) is 1. The van der Waals surface area contributed by atoms with E-state index in [2.05, 4.69) is 21.9 Å². The van der Waals surface area contributed by atoms with Crippen LogP contribution < -0.4 is 9.64 Å². The molecule has 2 aliphatic rings. The van der Waals surface area contributed by atoms with Crippen LogP contribution in [0.3, 0.4) is 0 Å². The summed E-state index contributed by atoms with van der Waals surface area (Å²) in [5.74, 6) is 0.665. The maximum atomic E-state index is 12.1. The van der Waals surface area contributed by atoms with E-state index in [1.54, 1.807) is 21.2 Å². The Labute approximate surface area is 162 Å². The molecule has 7 nitrogen and oxygen atoms in total. The zero-order valence-electron chi connectivity index (χ0n) is 16.4. The van der Waals surface area contributed by atoms with Crippen LogP contribution >= 0.6 is 0 Å². The molecule has 2 saturated heterocycles. The normalized spacial score (nSPS) is 25.3. The van der Waals surface area contributed by atoms with Crippen LogP contribution in [-0.2, 0) is 10.0 Å². The highest BCUT2D eigenvalue weighted by Crippen LogP contribution is 2.28. The molecule has 1 aromatic carbocycles. The Kier molecular flexibility index (Phi) is 6.30. The molecule has 0 radical (unpaired) electrons. The highest BCUT2D eigenvalue weighted by atomic mass is 32.2. The predicted octanol–water partition coefficient (Wildman–Crippen LogP) is 0.848. The Morgan fingerprint density at radius 1 is 1.15 bits per heavy atom. The number of anilines is 1. The SMILES string of the molecule is COc1ccc(N2CCC(N3C[C@@H](CS(=O)(=O)N(C)C)[C@H](O)C3)CC2)cc1. The fraction of sp³-hybridized carbons (Fsp3) is 0.684. The zero-order chi connectivity index (χ0) is 19.6. The summed E-state index contributed by atoms with van der Waals surface area (Å²) in [5.41, 5.74) is 1.20. The van der Waals surface area contributed by atoms with Crippen LogP contribution in [0.15, 0.2) is 24.3 Å². The fourth-order valence-electron chi connectivity index (χ4n) is 4.05. The van der Waals surface area contributed by atoms with Crippen LogP contribution in [-0.4, -0.2) is 88.0 Å². The molecule has 8 heteroatoms. The molecule has 2 fully saturated rings. The molecule has 0 saturated carbocycles. The predicted molar refractivity (Wildman–Crippen MR) is 107 cm³/mol. The van der Waals surface area contributed by atoms with Crippen molar-refractivity contribution < 1.29 is 18.3 Å². The first-order valence-electron chi connectivity index (χ1n) is 9.51. The first-order valence-corrected chi connectivity index (χ1v) is 11.1. The van der Waals surface area contributed by atoms with Gasteiger partial charge >= 0.3 is 0 Å². The first-order chi connectivity index (χ1) is 12.8. The largest absolute Gasteiger partial charge is 0.497 e. The minimum absolute atomic E-state index is 0.0162. The van der Waals surface area contributed by atoms with Gasteiger partial charge in [-0.2, -0.15) is 0 Å². The second-order valence-corrected chi connectivity index (χ2v) is 9.99. The van der Waals surface area contributed by atoms with E-state index >= 15 is 0 Å². The number of rotatable bonds is 6. The summed E-state index contributed by atoms with van der Waals surface area (Å²) in [7, 11) is 1.47. The van der Waals surface area contributed by atoms with Gasteiger partial charge in [-0.15, -0.1) is 0 Å². The molecule has 152 valence electrons. The topological polar surface area (TPSA) is 73.3 Å². The fourth-order valence-corrected chi connectivity index (χ4v) is 5.22. The van der Waals surface area contributed by atoms with E-state index in [1.165, 1.54) is 9.99 Å². The van der Waals surface area contributed by atoms with E-state index in [-0.39, 0.29) is 11.7 Å². The molecule has 0 unspecified atom stereocenters. The smallest absolute Gasteiger partial charge is 0.214 e. The molecule has 0 amide bonds. The Morgan fingerprint density at radius 3 is 2.33 bits per heavy atom. The van der Waals surface area contributed by atoms with Crippen LogP contribution in [0.5, 0.6) is 5.75 Å². The molecule has 2 aliphatic heterocycles. The van der Waals surface area contributed by atoms with Crippen molar-refractivity contribution in [3.63, 3.8) is 0 Å². The van der Waals surface area contributed by atoms with Crippen LogP contribution in [0.4, 0.5) is 5.69 Å². The molecule has 2 atom stereocenters. The van der Waals surface area contributed by atoms with Gasteiger partial charge in [0.25, 0.3) is 0 Å². The average molecular weight is 398 g/mol. The number of aliphatic hydroxyl groups is 1. The Balaban J connectivity index is 1.54. The summed E-state index contributed by atoms with van der Waals surface area (Å²) in [6.45, 7) is 3.15. The summed E-state index contributed by atoms with van der Waals surface area (Å²) >= 11 is 0. The second-order valence-electron chi connectivity index (χ2n) is 7.76. The van der Waals surface area contributed by atoms with Crippen molar-refractivity contribution in [3.05, 3.63) is 24.3 Å². The summed E-state index contributed by atoms with van der Waals surface area (Å²) < 4.78 is 30.7. The average Bonchev–Trinajstić information content (AvgIpc) is 3.02. The van der Waals surface area contributed by atoms with E-state index in [0.717, 1.165) is 31.7 Å². The van der Waals surface area contributed by atoms with Crippen molar-refractivity contribution in [1.29, 1.82) is 0 Å². The minimum Gasteiger partial charge on any atom is -0.497 e. The number of benzene rings is 1. The Bertz CT molecular complexity index is 715. The first kappa shape index (κ1) is 20.4. The third-order valence-electron chi connectivity index (χ3n) is 5.83. The zero-order valence-corrected chi connectivity index (χ0v) is 17.2. The maximum absolute atomic E-state index is 12.1. The highest BCUT2D eigenvalue weighted by Gasteiger charge is 2.38. The number of aliphatic hydroxyl groups excluding tert-OH is 1. The van der Waals surface area contributed by atoms with Gasteiger partial charge in [-0.05, 0) is 37.1 Å². The number of sulfonamides is 1. The van der Waals surface area contributed by atoms with Gasteiger partial charge in [-0.25, -0.2) is 12.7 Å². The second kappa shape index (κ2) is 8.34. The van der Waals surface area contributed by atoms with E-state index in [9.17, 15) is 13.5 Å². The van der Waals surface area contributed by atoms with Gasteiger partial charge in [-0.1, -0.05) is 0 Å². The molecule has 2 heterocycles. The summed E-state index contributed by atoms with van der Waals surface area (Å²) in [5, 5.41) is 10.4. The molecule has 0 spiro atoms. The minimum atomic E-state index is -3.29. The van der Waals surface area contributed by atoms with Gasteiger partial charge in [0.2, 0.25) is 10.0 Å². The summed E-state index contributed by atoms with van der Waals surface area (Å²) in [6.07, 6.45) is 1.47. The number of piperidine rings is 1. The number of ether oxygens (including phenoxy) is 1. The molecule has 0 aliphatic carbocycles. The van der Waals surface area contributed by atoms with Crippen molar-refractivity contribution >= 4 is 15.7 Å². The van der Waals surface area contributed by atoms with Gasteiger partial charge in [0, 0.05) is 57.9 Å². The number of likely N-dealkylation sites (tertiary alicyclic amines) is 1. The van der Waals surface area contributed by atoms with Gasteiger partial charge in [0.1, 0.15) is 5.75 Å². The van der Waals surface area contributed by atoms with Crippen LogP contribution in [0, 0.1) is 5.92 Å². The summed E-state index contributed by atoms with van der Waals surface area (Å²) in [4.78, 5) is 4.66. The maximum Gasteiger partial charge on any atom is 0.214 e. The third-order valence-corrected chi connectivity index (χ3v) is 7.80. The lowest BCUT2D eigenvalue weighted by Crippen LogP contribution is -2.44. The van der Waals surface area contributed by atoms with Gasteiger partial charge < -0.3 is 14.7 Å². The molecule has 27 heavy (non-hydrogen) atoms.